The van der Waals surface area contributed by atoms with Gasteiger partial charge in [-0.1, -0.05) is 19.1 Å². The Balaban J connectivity index is 1.99. The summed E-state index contributed by atoms with van der Waals surface area (Å²) in [6, 6.07) is 8.99. The molecule has 0 fully saturated rings. The monoisotopic (exact) mass is 363 g/mol. The van der Waals surface area contributed by atoms with Crippen molar-refractivity contribution in [1.82, 2.24) is 15.4 Å². The van der Waals surface area contributed by atoms with Crippen LogP contribution in [0, 0.1) is 0 Å². The van der Waals surface area contributed by atoms with Crippen molar-refractivity contribution >= 4 is 27.7 Å². The number of hydrogen-bond donors (Lipinski definition) is 2. The van der Waals surface area contributed by atoms with Gasteiger partial charge in [0.15, 0.2) is 0 Å². The third-order valence-electron chi connectivity index (χ3n) is 3.35. The first-order valence-corrected chi connectivity index (χ1v) is 7.89. The van der Waals surface area contributed by atoms with E-state index in [1.165, 1.54) is 0 Å². The molecule has 2 aromatic rings. The Morgan fingerprint density at radius 1 is 1.09 bits per heavy atom. The number of aromatic nitrogens is 1. The van der Waals surface area contributed by atoms with Crippen LogP contribution < -0.4 is 10.9 Å². The van der Waals surface area contributed by atoms with E-state index in [1.54, 1.807) is 22.8 Å². The smallest absolute Gasteiger partial charge is 0.286 e. The number of nitrogens with one attached hydrogen (secondary N) is 2. The molecule has 0 bridgehead atoms. The summed E-state index contributed by atoms with van der Waals surface area (Å²) in [4.78, 5) is 24.1. The zero-order valence-corrected chi connectivity index (χ0v) is 14.1. The molecule has 0 spiro atoms. The van der Waals surface area contributed by atoms with Crippen molar-refractivity contribution in [3.8, 4) is 0 Å². The molecule has 2 rings (SSSR count). The van der Waals surface area contributed by atoms with Crippen LogP contribution in [0.2, 0.25) is 0 Å². The van der Waals surface area contributed by atoms with Crippen LogP contribution in [-0.2, 0) is 13.0 Å². The Labute approximate surface area is 137 Å². The van der Waals surface area contributed by atoms with Crippen LogP contribution in [0.5, 0.6) is 0 Å². The van der Waals surface area contributed by atoms with Crippen molar-refractivity contribution in [2.45, 2.75) is 26.8 Å². The summed E-state index contributed by atoms with van der Waals surface area (Å²) in [5.41, 5.74) is 7.01. The molecule has 22 heavy (non-hydrogen) atoms. The van der Waals surface area contributed by atoms with Crippen LogP contribution in [0.1, 0.15) is 40.3 Å². The molecule has 1 aromatic carbocycles. The highest BCUT2D eigenvalue weighted by Gasteiger charge is 2.13. The summed E-state index contributed by atoms with van der Waals surface area (Å²) in [5.74, 6) is -0.698. The van der Waals surface area contributed by atoms with E-state index in [0.717, 1.165) is 16.5 Å². The standard InChI is InChI=1S/C16H18BrN3O2/c1-3-11-5-7-12(8-6-11)15(21)18-19-16(22)14-9-13(17)10-20(14)4-2/h5-10H,3-4H2,1-2H3,(H,18,21)(H,19,22). The van der Waals surface area contributed by atoms with Gasteiger partial charge in [-0.15, -0.1) is 0 Å². The number of halogens is 1. The van der Waals surface area contributed by atoms with Crippen molar-refractivity contribution in [2.75, 3.05) is 0 Å². The van der Waals surface area contributed by atoms with E-state index >= 15 is 0 Å². The SMILES string of the molecule is CCc1ccc(C(=O)NNC(=O)c2cc(Br)cn2CC)cc1. The van der Waals surface area contributed by atoms with Gasteiger partial charge in [0.05, 0.1) is 0 Å². The maximum Gasteiger partial charge on any atom is 0.286 e. The van der Waals surface area contributed by atoms with Crippen LogP contribution in [-0.4, -0.2) is 16.4 Å². The lowest BCUT2D eigenvalue weighted by Gasteiger charge is -2.09. The molecule has 0 aliphatic rings. The number of aryl methyl sites for hydroxylation is 2. The Kier molecular flexibility index (Phi) is 5.38. The minimum Gasteiger partial charge on any atom is -0.343 e. The first-order chi connectivity index (χ1) is 10.5. The van der Waals surface area contributed by atoms with Crippen LogP contribution >= 0.6 is 15.9 Å². The number of nitrogens with zero attached hydrogens (tertiary/aromatic N) is 1. The molecule has 0 saturated carbocycles. The van der Waals surface area contributed by atoms with Crippen LogP contribution in [0.4, 0.5) is 0 Å². The molecule has 6 heteroatoms. The average molecular weight is 364 g/mol. The fourth-order valence-corrected chi connectivity index (χ4v) is 2.53. The topological polar surface area (TPSA) is 63.1 Å². The summed E-state index contributed by atoms with van der Waals surface area (Å²) in [5, 5.41) is 0. The molecular weight excluding hydrogens is 346 g/mol. The Hall–Kier alpha value is -2.08. The first kappa shape index (κ1) is 16.3. The van der Waals surface area contributed by atoms with Crippen LogP contribution in [0.25, 0.3) is 0 Å². The highest BCUT2D eigenvalue weighted by Crippen LogP contribution is 2.14. The van der Waals surface area contributed by atoms with Crippen molar-refractivity contribution in [1.29, 1.82) is 0 Å². The minimum atomic E-state index is -0.355. The number of carbonyl (C=O) groups excluding carboxylic acids is 2. The van der Waals surface area contributed by atoms with E-state index in [0.29, 0.717) is 17.8 Å². The van der Waals surface area contributed by atoms with Gasteiger partial charge in [0.2, 0.25) is 0 Å². The van der Waals surface area contributed by atoms with Gasteiger partial charge < -0.3 is 4.57 Å². The Morgan fingerprint density at radius 2 is 1.73 bits per heavy atom. The molecule has 2 N–H and O–H groups in total. The molecule has 5 nitrogen and oxygen atoms in total. The van der Waals surface area contributed by atoms with Gasteiger partial charge in [-0.05, 0) is 53.0 Å². The third kappa shape index (κ3) is 3.76. The molecule has 1 aromatic heterocycles. The van der Waals surface area contributed by atoms with E-state index in [4.69, 9.17) is 0 Å². The molecule has 2 amide bonds. The number of hydrazine groups is 1. The summed E-state index contributed by atoms with van der Waals surface area (Å²) in [6.07, 6.45) is 2.74. The van der Waals surface area contributed by atoms with Gasteiger partial charge in [-0.2, -0.15) is 0 Å². The van der Waals surface area contributed by atoms with Crippen molar-refractivity contribution < 1.29 is 9.59 Å². The zero-order chi connectivity index (χ0) is 16.1. The summed E-state index contributed by atoms with van der Waals surface area (Å²) >= 11 is 3.33. The van der Waals surface area contributed by atoms with Crippen molar-refractivity contribution in [3.05, 3.63) is 57.8 Å². The average Bonchev–Trinajstić information content (AvgIpc) is 2.93. The van der Waals surface area contributed by atoms with Gasteiger partial charge in [0.1, 0.15) is 5.69 Å². The number of benzene rings is 1. The van der Waals surface area contributed by atoms with Crippen molar-refractivity contribution in [3.63, 3.8) is 0 Å². The highest BCUT2D eigenvalue weighted by atomic mass is 79.9. The summed E-state index contributed by atoms with van der Waals surface area (Å²) < 4.78 is 2.61. The van der Waals surface area contributed by atoms with E-state index in [2.05, 4.69) is 33.7 Å². The Morgan fingerprint density at radius 3 is 2.32 bits per heavy atom. The largest absolute Gasteiger partial charge is 0.343 e. The molecule has 0 saturated heterocycles. The fraction of sp³-hybridized carbons (Fsp3) is 0.250. The second-order valence-electron chi connectivity index (χ2n) is 4.79. The molecule has 0 atom stereocenters. The van der Waals surface area contributed by atoms with Crippen LogP contribution in [0.3, 0.4) is 0 Å². The first-order valence-electron chi connectivity index (χ1n) is 7.10. The lowest BCUT2D eigenvalue weighted by molar-refractivity contribution is 0.0841. The number of hydrogen-bond acceptors (Lipinski definition) is 2. The van der Waals surface area contributed by atoms with Gasteiger partial charge in [0.25, 0.3) is 11.8 Å². The summed E-state index contributed by atoms with van der Waals surface area (Å²) in [6.45, 7) is 4.66. The number of carbonyl (C=O) groups is 2. The quantitative estimate of drug-likeness (QED) is 0.820. The van der Waals surface area contributed by atoms with E-state index < -0.39 is 0 Å². The summed E-state index contributed by atoms with van der Waals surface area (Å²) in [7, 11) is 0. The molecule has 0 radical (unpaired) electrons. The molecule has 116 valence electrons. The third-order valence-corrected chi connectivity index (χ3v) is 3.78. The lowest BCUT2D eigenvalue weighted by Crippen LogP contribution is -2.42. The molecule has 0 unspecified atom stereocenters. The maximum atomic E-state index is 12.1. The maximum absolute atomic E-state index is 12.1. The fourth-order valence-electron chi connectivity index (χ4n) is 2.07. The lowest BCUT2D eigenvalue weighted by atomic mass is 10.1. The molecule has 0 aliphatic carbocycles. The predicted molar refractivity (Wildman–Crippen MR) is 88.6 cm³/mol. The second-order valence-corrected chi connectivity index (χ2v) is 5.70. The molecular formula is C16H18BrN3O2. The van der Waals surface area contributed by atoms with E-state index in [1.807, 2.05) is 25.3 Å². The number of amides is 2. The normalized spacial score (nSPS) is 10.3. The second kappa shape index (κ2) is 7.26. The molecule has 1 heterocycles. The van der Waals surface area contributed by atoms with E-state index in [-0.39, 0.29) is 11.8 Å². The zero-order valence-electron chi connectivity index (χ0n) is 12.5. The van der Waals surface area contributed by atoms with Gasteiger partial charge in [0, 0.05) is 22.8 Å². The van der Waals surface area contributed by atoms with E-state index in [9.17, 15) is 9.59 Å². The Bertz CT molecular complexity index is 677. The number of rotatable bonds is 4. The van der Waals surface area contributed by atoms with Gasteiger partial charge in [-0.25, -0.2) is 0 Å². The van der Waals surface area contributed by atoms with Gasteiger partial charge >= 0.3 is 0 Å². The van der Waals surface area contributed by atoms with Crippen molar-refractivity contribution in [2.24, 2.45) is 0 Å². The molecule has 0 aliphatic heterocycles. The highest BCUT2D eigenvalue weighted by molar-refractivity contribution is 9.10. The predicted octanol–water partition coefficient (Wildman–Crippen LogP) is 2.91. The van der Waals surface area contributed by atoms with Gasteiger partial charge in [-0.3, -0.25) is 20.4 Å². The minimum absolute atomic E-state index is 0.343. The van der Waals surface area contributed by atoms with Crippen LogP contribution in [0.15, 0.2) is 41.0 Å².